The maximum Gasteiger partial charge on any atom is 0.418 e. The highest BCUT2D eigenvalue weighted by Gasteiger charge is 2.33. The zero-order chi connectivity index (χ0) is 20.3. The summed E-state index contributed by atoms with van der Waals surface area (Å²) in [6, 6.07) is 13.6. The second-order valence-corrected chi connectivity index (χ2v) is 6.18. The zero-order valence-electron chi connectivity index (χ0n) is 15.1. The van der Waals surface area contributed by atoms with E-state index >= 15 is 0 Å². The largest absolute Gasteiger partial charge is 0.418 e. The summed E-state index contributed by atoms with van der Waals surface area (Å²) in [4.78, 5) is 20.7. The number of alkyl halides is 3. The van der Waals surface area contributed by atoms with Gasteiger partial charge in [-0.05, 0) is 43.7 Å². The Morgan fingerprint density at radius 2 is 1.71 bits per heavy atom. The van der Waals surface area contributed by atoms with E-state index in [9.17, 15) is 18.0 Å². The average Bonchev–Trinajstić information content (AvgIpc) is 2.61. The number of carbonyl (C=O) groups is 1. The van der Waals surface area contributed by atoms with E-state index in [1.165, 1.54) is 24.3 Å². The van der Waals surface area contributed by atoms with Gasteiger partial charge in [-0.25, -0.2) is 9.97 Å². The first kappa shape index (κ1) is 19.3. The van der Waals surface area contributed by atoms with E-state index in [-0.39, 0.29) is 23.0 Å². The Hall–Kier alpha value is -3.42. The van der Waals surface area contributed by atoms with Crippen LogP contribution in [0, 0.1) is 13.8 Å². The Morgan fingerprint density at radius 1 is 0.964 bits per heavy atom. The predicted molar refractivity (Wildman–Crippen MR) is 101 cm³/mol. The second kappa shape index (κ2) is 7.67. The van der Waals surface area contributed by atoms with Crippen LogP contribution in [0.4, 0.5) is 30.4 Å². The van der Waals surface area contributed by atoms with Gasteiger partial charge in [-0.2, -0.15) is 13.2 Å². The molecule has 0 saturated carbocycles. The molecule has 0 aliphatic heterocycles. The van der Waals surface area contributed by atoms with Gasteiger partial charge in [0.1, 0.15) is 17.3 Å². The maximum atomic E-state index is 13.2. The zero-order valence-corrected chi connectivity index (χ0v) is 15.1. The van der Waals surface area contributed by atoms with Crippen LogP contribution in [0.3, 0.4) is 0 Å². The summed E-state index contributed by atoms with van der Waals surface area (Å²) < 4.78 is 39.5. The minimum atomic E-state index is -4.52. The summed E-state index contributed by atoms with van der Waals surface area (Å²) in [5.74, 6) is -0.134. The molecule has 3 aromatic rings. The standard InChI is InChI=1S/C20H17F3N4O/c1-12-6-5-7-14(10-12)26-19(28)17-11-18(25-13(2)24-17)27-16-9-4-3-8-15(16)20(21,22)23/h3-11H,1-2H3,(H,26,28)(H,24,25,27). The maximum absolute atomic E-state index is 13.2. The molecule has 5 nitrogen and oxygen atoms in total. The number of nitrogens with one attached hydrogen (secondary N) is 2. The highest BCUT2D eigenvalue weighted by molar-refractivity contribution is 6.03. The van der Waals surface area contributed by atoms with Gasteiger partial charge in [0.2, 0.25) is 0 Å². The number of halogens is 3. The van der Waals surface area contributed by atoms with Crippen molar-refractivity contribution in [2.75, 3.05) is 10.6 Å². The highest BCUT2D eigenvalue weighted by atomic mass is 19.4. The van der Waals surface area contributed by atoms with Crippen LogP contribution in [0.25, 0.3) is 0 Å². The number of aromatic nitrogens is 2. The lowest BCUT2D eigenvalue weighted by Gasteiger charge is -2.14. The Morgan fingerprint density at radius 3 is 2.43 bits per heavy atom. The summed E-state index contributed by atoms with van der Waals surface area (Å²) in [7, 11) is 0. The van der Waals surface area contributed by atoms with Crippen molar-refractivity contribution in [3.63, 3.8) is 0 Å². The average molecular weight is 386 g/mol. The minimum absolute atomic E-state index is 0.0426. The fourth-order valence-electron chi connectivity index (χ4n) is 2.64. The van der Waals surface area contributed by atoms with Crippen molar-refractivity contribution in [1.82, 2.24) is 9.97 Å². The molecule has 1 aromatic heterocycles. The number of para-hydroxylation sites is 1. The van der Waals surface area contributed by atoms with E-state index in [1.807, 2.05) is 13.0 Å². The Kier molecular flexibility index (Phi) is 5.30. The van der Waals surface area contributed by atoms with Gasteiger partial charge < -0.3 is 10.6 Å². The fourth-order valence-corrected chi connectivity index (χ4v) is 2.64. The number of nitrogens with zero attached hydrogens (tertiary/aromatic N) is 2. The van der Waals surface area contributed by atoms with Gasteiger partial charge in [-0.15, -0.1) is 0 Å². The molecule has 0 unspecified atom stereocenters. The van der Waals surface area contributed by atoms with Crippen molar-refractivity contribution in [1.29, 1.82) is 0 Å². The minimum Gasteiger partial charge on any atom is -0.340 e. The van der Waals surface area contributed by atoms with E-state index in [0.29, 0.717) is 5.69 Å². The summed E-state index contributed by atoms with van der Waals surface area (Å²) >= 11 is 0. The van der Waals surface area contributed by atoms with Crippen LogP contribution in [0.2, 0.25) is 0 Å². The van der Waals surface area contributed by atoms with Crippen LogP contribution in [0.5, 0.6) is 0 Å². The molecule has 0 aliphatic rings. The van der Waals surface area contributed by atoms with E-state index in [0.717, 1.165) is 11.6 Å². The van der Waals surface area contributed by atoms with Crippen molar-refractivity contribution in [2.24, 2.45) is 0 Å². The summed E-state index contributed by atoms with van der Waals surface area (Å²) in [6.45, 7) is 3.45. The number of hydrogen-bond donors (Lipinski definition) is 2. The second-order valence-electron chi connectivity index (χ2n) is 6.18. The van der Waals surface area contributed by atoms with E-state index in [2.05, 4.69) is 20.6 Å². The van der Waals surface area contributed by atoms with Gasteiger partial charge in [-0.3, -0.25) is 4.79 Å². The molecule has 0 radical (unpaired) electrons. The van der Waals surface area contributed by atoms with Crippen LogP contribution in [0.15, 0.2) is 54.6 Å². The van der Waals surface area contributed by atoms with Crippen LogP contribution in [-0.4, -0.2) is 15.9 Å². The number of aryl methyl sites for hydroxylation is 2. The normalized spacial score (nSPS) is 11.2. The number of hydrogen-bond acceptors (Lipinski definition) is 4. The topological polar surface area (TPSA) is 66.9 Å². The molecule has 0 spiro atoms. The summed E-state index contributed by atoms with van der Waals surface area (Å²) in [5, 5.41) is 5.35. The van der Waals surface area contributed by atoms with Crippen molar-refractivity contribution in [3.8, 4) is 0 Å². The molecule has 3 rings (SSSR count). The van der Waals surface area contributed by atoms with Crippen LogP contribution < -0.4 is 10.6 Å². The van der Waals surface area contributed by atoms with Crippen LogP contribution in [-0.2, 0) is 6.18 Å². The molecule has 0 bridgehead atoms. The molecule has 2 aromatic carbocycles. The summed E-state index contributed by atoms with van der Waals surface area (Å²) in [5.41, 5.74) is 0.636. The molecule has 0 fully saturated rings. The van der Waals surface area contributed by atoms with Gasteiger partial charge in [0.25, 0.3) is 5.91 Å². The molecule has 144 valence electrons. The van der Waals surface area contributed by atoms with Gasteiger partial charge in [0, 0.05) is 11.8 Å². The van der Waals surface area contributed by atoms with Gasteiger partial charge in [0.05, 0.1) is 11.3 Å². The molecule has 1 heterocycles. The summed E-state index contributed by atoms with van der Waals surface area (Å²) in [6.07, 6.45) is -4.52. The first-order valence-electron chi connectivity index (χ1n) is 8.39. The Balaban J connectivity index is 1.87. The van der Waals surface area contributed by atoms with E-state index in [1.54, 1.807) is 25.1 Å². The molecule has 28 heavy (non-hydrogen) atoms. The number of carbonyl (C=O) groups excluding carboxylic acids is 1. The van der Waals surface area contributed by atoms with Crippen molar-refractivity contribution in [3.05, 3.63) is 77.2 Å². The first-order chi connectivity index (χ1) is 13.2. The fraction of sp³-hybridized carbons (Fsp3) is 0.150. The third-order valence-electron chi connectivity index (χ3n) is 3.84. The molecule has 0 atom stereocenters. The molecule has 2 N–H and O–H groups in total. The van der Waals surface area contributed by atoms with Crippen LogP contribution >= 0.6 is 0 Å². The highest BCUT2D eigenvalue weighted by Crippen LogP contribution is 2.35. The van der Waals surface area contributed by atoms with Gasteiger partial charge in [0.15, 0.2) is 0 Å². The number of anilines is 3. The number of amides is 1. The number of rotatable bonds is 4. The third kappa shape index (κ3) is 4.64. The van der Waals surface area contributed by atoms with Crippen molar-refractivity contribution >= 4 is 23.1 Å². The Bertz CT molecular complexity index is 1020. The Labute approximate surface area is 159 Å². The van der Waals surface area contributed by atoms with Crippen molar-refractivity contribution < 1.29 is 18.0 Å². The lowest BCUT2D eigenvalue weighted by molar-refractivity contribution is -0.136. The van der Waals surface area contributed by atoms with Gasteiger partial charge in [-0.1, -0.05) is 24.3 Å². The molecule has 0 saturated heterocycles. The molecular formula is C20H17F3N4O. The third-order valence-corrected chi connectivity index (χ3v) is 3.84. The van der Waals surface area contributed by atoms with E-state index < -0.39 is 17.6 Å². The first-order valence-corrected chi connectivity index (χ1v) is 8.39. The van der Waals surface area contributed by atoms with Crippen molar-refractivity contribution in [2.45, 2.75) is 20.0 Å². The molecule has 1 amide bonds. The molecule has 8 heteroatoms. The predicted octanol–water partition coefficient (Wildman–Crippen LogP) is 5.11. The van der Waals surface area contributed by atoms with Crippen LogP contribution in [0.1, 0.15) is 27.4 Å². The lowest BCUT2D eigenvalue weighted by atomic mass is 10.1. The lowest BCUT2D eigenvalue weighted by Crippen LogP contribution is -2.16. The quantitative estimate of drug-likeness (QED) is 0.654. The van der Waals surface area contributed by atoms with Gasteiger partial charge >= 0.3 is 6.18 Å². The smallest absolute Gasteiger partial charge is 0.340 e. The molecule has 0 aliphatic carbocycles. The SMILES string of the molecule is Cc1cccc(NC(=O)c2cc(Nc3ccccc3C(F)(F)F)nc(C)n2)c1. The molecular weight excluding hydrogens is 369 g/mol. The van der Waals surface area contributed by atoms with E-state index in [4.69, 9.17) is 0 Å². The monoisotopic (exact) mass is 386 g/mol. The number of benzene rings is 2.